The van der Waals surface area contributed by atoms with Gasteiger partial charge in [-0.1, -0.05) is 0 Å². The van der Waals surface area contributed by atoms with Crippen molar-refractivity contribution in [2.45, 2.75) is 43.4 Å². The Bertz CT molecular complexity index is 1020. The Morgan fingerprint density at radius 3 is 2.88 bits per heavy atom. The Morgan fingerprint density at radius 1 is 1.34 bits per heavy atom. The molecule has 0 saturated carbocycles. The molecule has 4 rings (SSSR count). The van der Waals surface area contributed by atoms with Gasteiger partial charge in [0.25, 0.3) is 0 Å². The zero-order valence-corrected chi connectivity index (χ0v) is 18.6. The minimum atomic E-state index is -4.52. The molecule has 7 atom stereocenters. The first-order chi connectivity index (χ1) is 15.2. The van der Waals surface area contributed by atoms with Crippen LogP contribution in [0.5, 0.6) is 0 Å². The number of β-amino-alcohol motifs (C(OH)–C–C–N with tert-alkyl or cyclic N) is 1. The number of phosphoric ester groups is 1. The van der Waals surface area contributed by atoms with Crippen LogP contribution in [0.1, 0.15) is 19.1 Å². The number of nitrogens with two attached hydrogens (primary N) is 1. The van der Waals surface area contributed by atoms with Gasteiger partial charge >= 0.3 is 16.1 Å². The maximum Gasteiger partial charge on any atom is 0.472 e. The van der Waals surface area contributed by atoms with Gasteiger partial charge in [0.15, 0.2) is 11.5 Å². The molecule has 15 nitrogen and oxygen atoms in total. The summed E-state index contributed by atoms with van der Waals surface area (Å²) in [6.07, 6.45) is -0.0800. The Morgan fingerprint density at radius 2 is 2.16 bits per heavy atom. The molecular formula is C15H24N6O9P2. The highest BCUT2D eigenvalue weighted by Gasteiger charge is 2.43. The first-order valence-corrected chi connectivity index (χ1v) is 12.5. The Kier molecular flexibility index (Phi) is 7.22. The van der Waals surface area contributed by atoms with Crippen LogP contribution in [0.25, 0.3) is 11.2 Å². The molecule has 2 aromatic heterocycles. The summed E-state index contributed by atoms with van der Waals surface area (Å²) in [5.41, 5.74) is 6.54. The topological polar surface area (TPSA) is 213 Å². The van der Waals surface area contributed by atoms with Gasteiger partial charge in [0.1, 0.15) is 30.3 Å². The van der Waals surface area contributed by atoms with Gasteiger partial charge in [0.2, 0.25) is 0 Å². The van der Waals surface area contributed by atoms with Gasteiger partial charge in [-0.15, -0.1) is 0 Å². The standard InChI is InChI=1S/C15H24N6O9P2/c16-14-13-15(19-6-18-14)21(7-20-13)12-2-10(11(29-12)5-27-31(23)24)30-32(25,26)28-4-8-1-9(22)3-17-8/h6-12,17,22,31H,1-5H2,(H,23,24)(H,25,26)(H2,16,18,19)/t8-,9+,10-,11+,12+/m0/s1. The fourth-order valence-electron chi connectivity index (χ4n) is 3.68. The number of nitrogens with one attached hydrogen (secondary N) is 1. The largest absolute Gasteiger partial charge is 0.472 e. The lowest BCUT2D eigenvalue weighted by atomic mass is 10.2. The third-order valence-electron chi connectivity index (χ3n) is 5.16. The van der Waals surface area contributed by atoms with E-state index in [1.165, 1.54) is 12.7 Å². The van der Waals surface area contributed by atoms with Gasteiger partial charge in [-0.2, -0.15) is 0 Å². The van der Waals surface area contributed by atoms with Gasteiger partial charge in [-0.25, -0.2) is 19.5 Å². The number of aliphatic hydroxyl groups excluding tert-OH is 1. The predicted molar refractivity (Wildman–Crippen MR) is 108 cm³/mol. The number of imidazole rings is 1. The van der Waals surface area contributed by atoms with Gasteiger partial charge in [0.05, 0.1) is 25.6 Å². The third-order valence-corrected chi connectivity index (χ3v) is 6.58. The molecule has 2 fully saturated rings. The summed E-state index contributed by atoms with van der Waals surface area (Å²) in [6.45, 7) is -0.124. The summed E-state index contributed by atoms with van der Waals surface area (Å²) < 4.78 is 46.1. The smallest absolute Gasteiger partial charge is 0.392 e. The van der Waals surface area contributed by atoms with Crippen molar-refractivity contribution < 1.29 is 42.3 Å². The molecule has 2 aliphatic heterocycles. The van der Waals surface area contributed by atoms with Gasteiger partial charge in [-0.05, 0) is 6.42 Å². The molecule has 2 aromatic rings. The zero-order chi connectivity index (χ0) is 22.9. The molecule has 6 N–H and O–H groups in total. The van der Waals surface area contributed by atoms with Crippen LogP contribution in [0.2, 0.25) is 0 Å². The van der Waals surface area contributed by atoms with E-state index in [1.807, 2.05) is 0 Å². The van der Waals surface area contributed by atoms with E-state index in [0.29, 0.717) is 24.1 Å². The van der Waals surface area contributed by atoms with Crippen molar-refractivity contribution in [2.24, 2.45) is 0 Å². The molecule has 4 heterocycles. The van der Waals surface area contributed by atoms with Gasteiger partial charge in [0, 0.05) is 19.0 Å². The lowest BCUT2D eigenvalue weighted by Gasteiger charge is -2.21. The number of phosphoric acid groups is 1. The second-order valence-corrected chi connectivity index (χ2v) is 9.65. The predicted octanol–water partition coefficient (Wildman–Crippen LogP) is -0.680. The number of aromatic nitrogens is 4. The molecule has 0 aliphatic carbocycles. The highest BCUT2D eigenvalue weighted by molar-refractivity contribution is 7.47. The fourth-order valence-corrected chi connectivity index (χ4v) is 4.98. The number of rotatable bonds is 9. The van der Waals surface area contributed by atoms with Crippen LogP contribution in [0.15, 0.2) is 12.7 Å². The second kappa shape index (κ2) is 9.77. The molecule has 0 aromatic carbocycles. The van der Waals surface area contributed by atoms with Gasteiger partial charge < -0.3 is 35.2 Å². The molecule has 0 radical (unpaired) electrons. The second-order valence-electron chi connectivity index (χ2n) is 7.43. The van der Waals surface area contributed by atoms with Crippen molar-refractivity contribution in [2.75, 3.05) is 25.5 Å². The van der Waals surface area contributed by atoms with Crippen LogP contribution in [-0.4, -0.2) is 78.5 Å². The number of hydrogen-bond acceptors (Lipinski definition) is 12. The van der Waals surface area contributed by atoms with Crippen LogP contribution in [-0.2, 0) is 27.4 Å². The quantitative estimate of drug-likeness (QED) is 0.273. The van der Waals surface area contributed by atoms with E-state index in [4.69, 9.17) is 28.9 Å². The normalized spacial score (nSPS) is 31.2. The maximum absolute atomic E-state index is 12.5. The third kappa shape index (κ3) is 5.51. The van der Waals surface area contributed by atoms with Crippen molar-refractivity contribution in [3.63, 3.8) is 0 Å². The molecule has 32 heavy (non-hydrogen) atoms. The van der Waals surface area contributed by atoms with E-state index in [1.54, 1.807) is 4.57 Å². The highest BCUT2D eigenvalue weighted by atomic mass is 31.2. The number of fused-ring (bicyclic) bond motifs is 1. The molecule has 2 saturated heterocycles. The SMILES string of the molecule is Nc1ncnc2c1ncn2[C@H]1C[C@H](OP(=O)(O)OC[C@@H]2C[C@@H](O)CN2)[C@@H](CO[PH](=O)O)O1. The van der Waals surface area contributed by atoms with E-state index in [2.05, 4.69) is 20.3 Å². The molecule has 178 valence electrons. The lowest BCUT2D eigenvalue weighted by molar-refractivity contribution is -0.0393. The summed E-state index contributed by atoms with van der Waals surface area (Å²) in [4.78, 5) is 31.4. The highest BCUT2D eigenvalue weighted by Crippen LogP contribution is 2.49. The molecular weight excluding hydrogens is 470 g/mol. The number of anilines is 1. The van der Waals surface area contributed by atoms with Crippen LogP contribution in [0, 0.1) is 0 Å². The summed E-state index contributed by atoms with van der Waals surface area (Å²) in [6, 6.07) is -0.289. The Balaban J connectivity index is 1.46. The van der Waals surface area contributed by atoms with E-state index >= 15 is 0 Å². The molecule has 0 spiro atoms. The molecule has 17 heteroatoms. The number of hydrogen-bond donors (Lipinski definition) is 5. The number of nitrogen functional groups attached to an aromatic ring is 1. The minimum Gasteiger partial charge on any atom is -0.392 e. The zero-order valence-electron chi connectivity index (χ0n) is 16.7. The molecule has 2 unspecified atom stereocenters. The van der Waals surface area contributed by atoms with Crippen molar-refractivity contribution in [1.82, 2.24) is 24.8 Å². The van der Waals surface area contributed by atoms with Crippen LogP contribution >= 0.6 is 16.1 Å². The first-order valence-electron chi connectivity index (χ1n) is 9.73. The first kappa shape index (κ1) is 23.6. The Hall–Kier alpha value is -1.51. The summed E-state index contributed by atoms with van der Waals surface area (Å²) in [5, 5.41) is 12.5. The number of aliphatic hydroxyl groups is 1. The van der Waals surface area contributed by atoms with Crippen molar-refractivity contribution >= 4 is 33.1 Å². The molecule has 2 aliphatic rings. The van der Waals surface area contributed by atoms with E-state index in [0.717, 1.165) is 0 Å². The molecule has 0 amide bonds. The summed E-state index contributed by atoms with van der Waals surface area (Å²) >= 11 is 0. The van der Waals surface area contributed by atoms with E-state index in [-0.39, 0.29) is 31.5 Å². The lowest BCUT2D eigenvalue weighted by Crippen LogP contribution is -2.29. The van der Waals surface area contributed by atoms with Crippen molar-refractivity contribution in [3.8, 4) is 0 Å². The van der Waals surface area contributed by atoms with Crippen LogP contribution in [0.3, 0.4) is 0 Å². The van der Waals surface area contributed by atoms with Crippen LogP contribution < -0.4 is 11.1 Å². The van der Waals surface area contributed by atoms with Gasteiger partial charge in [-0.3, -0.25) is 18.2 Å². The maximum atomic E-state index is 12.5. The fraction of sp³-hybridized carbons (Fsp3) is 0.667. The number of nitrogens with zero attached hydrogens (tertiary/aromatic N) is 4. The van der Waals surface area contributed by atoms with Crippen molar-refractivity contribution in [3.05, 3.63) is 12.7 Å². The summed E-state index contributed by atoms with van der Waals surface area (Å²) in [5.74, 6) is 0.178. The van der Waals surface area contributed by atoms with Crippen molar-refractivity contribution in [1.29, 1.82) is 0 Å². The minimum absolute atomic E-state index is 0.0735. The van der Waals surface area contributed by atoms with E-state index < -0.39 is 40.6 Å². The Labute approximate surface area is 182 Å². The average molecular weight is 494 g/mol. The van der Waals surface area contributed by atoms with Crippen LogP contribution in [0.4, 0.5) is 5.82 Å². The average Bonchev–Trinajstić information content (AvgIpc) is 3.43. The number of ether oxygens (including phenoxy) is 1. The summed E-state index contributed by atoms with van der Waals surface area (Å²) in [7, 11) is -7.78. The monoisotopic (exact) mass is 494 g/mol. The molecule has 0 bridgehead atoms. The van der Waals surface area contributed by atoms with E-state index in [9.17, 15) is 19.1 Å².